The largest absolute Gasteiger partial charge is 0.391 e. The number of hydrogen-bond acceptors (Lipinski definition) is 3. The highest BCUT2D eigenvalue weighted by molar-refractivity contribution is 5.76. The highest BCUT2D eigenvalue weighted by atomic mass is 16.3. The van der Waals surface area contributed by atoms with Gasteiger partial charge in [-0.3, -0.25) is 4.79 Å². The molecule has 0 fully saturated rings. The molecule has 21 heavy (non-hydrogen) atoms. The summed E-state index contributed by atoms with van der Waals surface area (Å²) < 4.78 is 0. The summed E-state index contributed by atoms with van der Waals surface area (Å²) in [7, 11) is 0. The second kappa shape index (κ2) is 8.80. The number of aliphatic hydroxyl groups is 1. The van der Waals surface area contributed by atoms with Crippen molar-refractivity contribution in [3.63, 3.8) is 0 Å². The minimum Gasteiger partial charge on any atom is -0.391 e. The van der Waals surface area contributed by atoms with Gasteiger partial charge in [-0.25, -0.2) is 0 Å². The summed E-state index contributed by atoms with van der Waals surface area (Å²) in [6.45, 7) is 6.73. The van der Waals surface area contributed by atoms with Crippen molar-refractivity contribution < 1.29 is 9.90 Å². The summed E-state index contributed by atoms with van der Waals surface area (Å²) in [6.07, 6.45) is 0.00370. The van der Waals surface area contributed by atoms with E-state index in [9.17, 15) is 9.90 Å². The molecule has 1 rings (SSSR count). The molecule has 0 aliphatic carbocycles. The van der Waals surface area contributed by atoms with Crippen molar-refractivity contribution in [2.45, 2.75) is 51.7 Å². The van der Waals surface area contributed by atoms with Gasteiger partial charge in [-0.1, -0.05) is 51.1 Å². The van der Waals surface area contributed by atoms with Crippen LogP contribution in [0.5, 0.6) is 0 Å². The Balaban J connectivity index is 2.34. The van der Waals surface area contributed by atoms with Crippen LogP contribution in [0.2, 0.25) is 0 Å². The second-order valence-electron chi connectivity index (χ2n) is 6.18. The number of aliphatic hydroxyl groups excluding tert-OH is 1. The molecule has 2 unspecified atom stereocenters. The molecule has 1 amide bonds. The molecule has 0 heterocycles. The number of amides is 1. The molecule has 118 valence electrons. The predicted octanol–water partition coefficient (Wildman–Crippen LogP) is 2.03. The average Bonchev–Trinajstić information content (AvgIpc) is 2.44. The molecule has 1 aromatic rings. The molecule has 0 saturated heterocycles. The van der Waals surface area contributed by atoms with Crippen molar-refractivity contribution in [3.8, 4) is 0 Å². The Morgan fingerprint density at radius 3 is 2.43 bits per heavy atom. The van der Waals surface area contributed by atoms with Crippen molar-refractivity contribution in [1.29, 1.82) is 0 Å². The van der Waals surface area contributed by atoms with Crippen molar-refractivity contribution in [2.75, 3.05) is 6.54 Å². The third kappa shape index (κ3) is 6.74. The van der Waals surface area contributed by atoms with E-state index in [4.69, 9.17) is 5.73 Å². The fraction of sp³-hybridized carbons (Fsp3) is 0.588. The minimum atomic E-state index is -0.778. The number of carbonyl (C=O) groups excluding carboxylic acids is 1. The SMILES string of the molecule is CC(C)CC(N)C(O)CC(=O)NC[C@H](C)c1ccccc1. The Morgan fingerprint density at radius 2 is 1.86 bits per heavy atom. The van der Waals surface area contributed by atoms with E-state index in [2.05, 4.69) is 12.2 Å². The van der Waals surface area contributed by atoms with Gasteiger partial charge in [0, 0.05) is 12.6 Å². The van der Waals surface area contributed by atoms with Gasteiger partial charge in [0.25, 0.3) is 0 Å². The van der Waals surface area contributed by atoms with Gasteiger partial charge in [-0.2, -0.15) is 0 Å². The average molecular weight is 292 g/mol. The molecule has 0 saturated carbocycles. The van der Waals surface area contributed by atoms with Crippen LogP contribution in [0.1, 0.15) is 45.1 Å². The van der Waals surface area contributed by atoms with E-state index in [0.717, 1.165) is 6.42 Å². The van der Waals surface area contributed by atoms with Crippen LogP contribution >= 0.6 is 0 Å². The summed E-state index contributed by atoms with van der Waals surface area (Å²) in [5, 5.41) is 12.8. The zero-order valence-electron chi connectivity index (χ0n) is 13.3. The number of benzene rings is 1. The maximum Gasteiger partial charge on any atom is 0.222 e. The molecule has 1 aromatic carbocycles. The van der Waals surface area contributed by atoms with E-state index >= 15 is 0 Å². The minimum absolute atomic E-state index is 0.0649. The van der Waals surface area contributed by atoms with Crippen LogP contribution in [0.25, 0.3) is 0 Å². The van der Waals surface area contributed by atoms with Gasteiger partial charge in [0.2, 0.25) is 5.91 Å². The van der Waals surface area contributed by atoms with Crippen LogP contribution in [0.3, 0.4) is 0 Å². The lowest BCUT2D eigenvalue weighted by molar-refractivity contribution is -0.123. The second-order valence-corrected chi connectivity index (χ2v) is 6.18. The van der Waals surface area contributed by atoms with Crippen LogP contribution in [0, 0.1) is 5.92 Å². The quantitative estimate of drug-likeness (QED) is 0.686. The number of rotatable bonds is 8. The first-order valence-electron chi connectivity index (χ1n) is 7.65. The van der Waals surface area contributed by atoms with Crippen LogP contribution in [0.15, 0.2) is 30.3 Å². The first kappa shape index (κ1) is 17.7. The molecule has 0 spiro atoms. The lowest BCUT2D eigenvalue weighted by atomic mass is 9.98. The molecule has 0 aromatic heterocycles. The van der Waals surface area contributed by atoms with Crippen molar-refractivity contribution in [3.05, 3.63) is 35.9 Å². The molecule has 0 aliphatic heterocycles. The van der Waals surface area contributed by atoms with Crippen LogP contribution in [0.4, 0.5) is 0 Å². The highest BCUT2D eigenvalue weighted by Crippen LogP contribution is 2.13. The standard InChI is InChI=1S/C17H28N2O2/c1-12(2)9-15(18)16(20)10-17(21)19-11-13(3)14-7-5-4-6-8-14/h4-8,12-13,15-16,20H,9-11,18H2,1-3H3,(H,19,21)/t13-,15?,16?/m0/s1. The van der Waals surface area contributed by atoms with Gasteiger partial charge in [-0.05, 0) is 23.8 Å². The topological polar surface area (TPSA) is 75.3 Å². The summed E-state index contributed by atoms with van der Waals surface area (Å²) in [5.74, 6) is 0.511. The first-order chi connectivity index (χ1) is 9.90. The van der Waals surface area contributed by atoms with Gasteiger partial charge < -0.3 is 16.2 Å². The Labute approximate surface area is 127 Å². The molecule has 0 bridgehead atoms. The monoisotopic (exact) mass is 292 g/mol. The maximum absolute atomic E-state index is 11.9. The summed E-state index contributed by atoms with van der Waals surface area (Å²) >= 11 is 0. The van der Waals surface area contributed by atoms with E-state index < -0.39 is 6.10 Å². The van der Waals surface area contributed by atoms with Gasteiger partial charge >= 0.3 is 0 Å². The van der Waals surface area contributed by atoms with Gasteiger partial charge in [0.05, 0.1) is 12.5 Å². The van der Waals surface area contributed by atoms with Crippen LogP contribution < -0.4 is 11.1 Å². The maximum atomic E-state index is 11.9. The van der Waals surface area contributed by atoms with Crippen molar-refractivity contribution in [2.24, 2.45) is 11.7 Å². The fourth-order valence-corrected chi connectivity index (χ4v) is 2.28. The predicted molar refractivity (Wildman–Crippen MR) is 85.9 cm³/mol. The fourth-order valence-electron chi connectivity index (χ4n) is 2.28. The van der Waals surface area contributed by atoms with Gasteiger partial charge in [-0.15, -0.1) is 0 Å². The normalized spacial score (nSPS) is 15.5. The Kier molecular flexibility index (Phi) is 7.40. The number of hydrogen-bond donors (Lipinski definition) is 3. The van der Waals surface area contributed by atoms with E-state index in [1.165, 1.54) is 5.56 Å². The molecule has 4 nitrogen and oxygen atoms in total. The van der Waals surface area contributed by atoms with Gasteiger partial charge in [0.15, 0.2) is 0 Å². The summed E-state index contributed by atoms with van der Waals surface area (Å²) in [4.78, 5) is 11.9. The van der Waals surface area contributed by atoms with Crippen LogP contribution in [-0.4, -0.2) is 29.7 Å². The van der Waals surface area contributed by atoms with E-state index in [-0.39, 0.29) is 24.3 Å². The summed E-state index contributed by atoms with van der Waals surface area (Å²) in [6, 6.07) is 9.70. The molecular formula is C17H28N2O2. The number of nitrogens with two attached hydrogens (primary N) is 1. The smallest absolute Gasteiger partial charge is 0.222 e. The molecule has 0 aliphatic rings. The first-order valence-corrected chi connectivity index (χ1v) is 7.65. The lowest BCUT2D eigenvalue weighted by Gasteiger charge is -2.20. The van der Waals surface area contributed by atoms with E-state index in [0.29, 0.717) is 12.5 Å². The van der Waals surface area contributed by atoms with Crippen molar-refractivity contribution >= 4 is 5.91 Å². The van der Waals surface area contributed by atoms with E-state index in [1.54, 1.807) is 0 Å². The molecule has 3 atom stereocenters. The highest BCUT2D eigenvalue weighted by Gasteiger charge is 2.19. The lowest BCUT2D eigenvalue weighted by Crippen LogP contribution is -2.40. The summed E-state index contributed by atoms with van der Waals surface area (Å²) in [5.41, 5.74) is 7.07. The Morgan fingerprint density at radius 1 is 1.24 bits per heavy atom. The van der Waals surface area contributed by atoms with E-state index in [1.807, 2.05) is 44.2 Å². The molecule has 4 N–H and O–H groups in total. The number of nitrogens with one attached hydrogen (secondary N) is 1. The zero-order chi connectivity index (χ0) is 15.8. The zero-order valence-corrected chi connectivity index (χ0v) is 13.3. The number of carbonyl (C=O) groups is 1. The third-order valence-electron chi connectivity index (χ3n) is 3.61. The van der Waals surface area contributed by atoms with Gasteiger partial charge in [0.1, 0.15) is 0 Å². The Hall–Kier alpha value is -1.39. The Bertz CT molecular complexity index is 420. The van der Waals surface area contributed by atoms with Crippen LogP contribution in [-0.2, 0) is 4.79 Å². The molecule has 4 heteroatoms. The van der Waals surface area contributed by atoms with Crippen molar-refractivity contribution in [1.82, 2.24) is 5.32 Å². The third-order valence-corrected chi connectivity index (χ3v) is 3.61. The molecule has 0 radical (unpaired) electrons. The molecular weight excluding hydrogens is 264 g/mol.